The number of hydrogen-bond acceptors (Lipinski definition) is 3. The lowest BCUT2D eigenvalue weighted by molar-refractivity contribution is 0.0958. The van der Waals surface area contributed by atoms with Crippen molar-refractivity contribution in [2.75, 3.05) is 25.1 Å². The number of benzene rings is 3. The summed E-state index contributed by atoms with van der Waals surface area (Å²) in [4.78, 5) is 17.6. The largest absolute Gasteiger partial charge is 0.497 e. The Balaban J connectivity index is 1.53. The molecule has 0 aliphatic carbocycles. The van der Waals surface area contributed by atoms with E-state index in [1.165, 1.54) is 36.4 Å². The van der Waals surface area contributed by atoms with Crippen molar-refractivity contribution in [2.24, 2.45) is 0 Å². The maximum Gasteiger partial charge on any atom is 0.258 e. The first-order valence-corrected chi connectivity index (χ1v) is 10.7. The van der Waals surface area contributed by atoms with Gasteiger partial charge in [-0.2, -0.15) is 0 Å². The number of carbonyl (C=O) groups is 1. The van der Waals surface area contributed by atoms with Crippen molar-refractivity contribution in [1.29, 1.82) is 0 Å². The first-order chi connectivity index (χ1) is 15.5. The average molecular weight is 437 g/mol. The zero-order chi connectivity index (χ0) is 22.5. The molecule has 0 unspecified atom stereocenters. The highest BCUT2D eigenvalue weighted by Gasteiger charge is 2.30. The Morgan fingerprint density at radius 3 is 2.22 bits per heavy atom. The van der Waals surface area contributed by atoms with E-state index in [9.17, 15) is 13.6 Å². The molecule has 0 bridgehead atoms. The number of anilines is 1. The first kappa shape index (κ1) is 22.0. The van der Waals surface area contributed by atoms with Crippen LogP contribution >= 0.6 is 0 Å². The predicted molar refractivity (Wildman–Crippen MR) is 121 cm³/mol. The first-order valence-electron chi connectivity index (χ1n) is 10.7. The summed E-state index contributed by atoms with van der Waals surface area (Å²) >= 11 is 0. The maximum atomic E-state index is 13.5. The van der Waals surface area contributed by atoms with Gasteiger partial charge in [0.05, 0.1) is 7.11 Å². The molecule has 3 aromatic rings. The van der Waals surface area contributed by atoms with Crippen LogP contribution in [0.4, 0.5) is 14.5 Å². The van der Waals surface area contributed by atoms with E-state index in [-0.39, 0.29) is 23.6 Å². The highest BCUT2D eigenvalue weighted by atomic mass is 19.1. The van der Waals surface area contributed by atoms with E-state index in [1.54, 1.807) is 7.11 Å². The fourth-order valence-corrected chi connectivity index (χ4v) is 4.17. The number of ether oxygens (including phenoxy) is 1. The van der Waals surface area contributed by atoms with Crippen LogP contribution in [0.1, 0.15) is 28.8 Å². The number of methoxy groups -OCH3 is 1. The van der Waals surface area contributed by atoms with E-state index in [1.807, 2.05) is 41.3 Å². The number of hydrogen-bond donors (Lipinski definition) is 0. The SMILES string of the molecule is COc1cccc(N(C(=O)c2ccc(F)cc2)C2CCN(Cc3ccc(F)cc3)CC2)c1. The molecule has 0 atom stereocenters. The summed E-state index contributed by atoms with van der Waals surface area (Å²) in [5.41, 5.74) is 2.27. The highest BCUT2D eigenvalue weighted by Crippen LogP contribution is 2.29. The third-order valence-corrected chi connectivity index (χ3v) is 5.88. The van der Waals surface area contributed by atoms with E-state index < -0.39 is 0 Å². The normalized spacial score (nSPS) is 14.8. The minimum absolute atomic E-state index is 0.00382. The lowest BCUT2D eigenvalue weighted by Gasteiger charge is -2.38. The van der Waals surface area contributed by atoms with Crippen molar-refractivity contribution in [2.45, 2.75) is 25.4 Å². The molecule has 1 aliphatic rings. The van der Waals surface area contributed by atoms with Crippen molar-refractivity contribution in [1.82, 2.24) is 4.90 Å². The number of halogens is 2. The molecule has 1 aliphatic heterocycles. The van der Waals surface area contributed by atoms with Crippen molar-refractivity contribution in [3.8, 4) is 5.75 Å². The van der Waals surface area contributed by atoms with Gasteiger partial charge in [-0.15, -0.1) is 0 Å². The summed E-state index contributed by atoms with van der Waals surface area (Å²) in [6, 6.07) is 19.7. The minimum atomic E-state index is -0.372. The zero-order valence-corrected chi connectivity index (χ0v) is 18.0. The molecule has 4 nitrogen and oxygen atoms in total. The molecule has 1 fully saturated rings. The predicted octanol–water partition coefficient (Wildman–Crippen LogP) is 5.28. The van der Waals surface area contributed by atoms with Crippen LogP contribution in [0.2, 0.25) is 0 Å². The molecule has 0 aromatic heterocycles. The van der Waals surface area contributed by atoms with Gasteiger partial charge in [-0.3, -0.25) is 9.69 Å². The van der Waals surface area contributed by atoms with Gasteiger partial charge in [0.25, 0.3) is 5.91 Å². The van der Waals surface area contributed by atoms with Crippen LogP contribution in [0.25, 0.3) is 0 Å². The monoisotopic (exact) mass is 436 g/mol. The van der Waals surface area contributed by atoms with E-state index in [0.717, 1.165) is 43.7 Å². The fraction of sp³-hybridized carbons (Fsp3) is 0.269. The smallest absolute Gasteiger partial charge is 0.258 e. The van der Waals surface area contributed by atoms with Gasteiger partial charge < -0.3 is 9.64 Å². The Labute approximate surface area is 187 Å². The van der Waals surface area contributed by atoms with E-state index in [2.05, 4.69) is 4.90 Å². The molecule has 0 N–H and O–H groups in total. The van der Waals surface area contributed by atoms with Crippen LogP contribution in [0.5, 0.6) is 5.75 Å². The number of rotatable bonds is 6. The second-order valence-electron chi connectivity index (χ2n) is 8.02. The van der Waals surface area contributed by atoms with E-state index in [0.29, 0.717) is 11.3 Å². The van der Waals surface area contributed by atoms with Crippen molar-refractivity contribution in [3.05, 3.63) is 95.6 Å². The topological polar surface area (TPSA) is 32.8 Å². The molecule has 4 rings (SSSR count). The van der Waals surface area contributed by atoms with E-state index >= 15 is 0 Å². The lowest BCUT2D eigenvalue weighted by atomic mass is 10.00. The number of piperidine rings is 1. The highest BCUT2D eigenvalue weighted by molar-refractivity contribution is 6.06. The molecule has 166 valence electrons. The summed E-state index contributed by atoms with van der Waals surface area (Å²) in [6.45, 7) is 2.39. The van der Waals surface area contributed by atoms with Gasteiger partial charge in [-0.1, -0.05) is 18.2 Å². The Hall–Kier alpha value is -3.25. The number of carbonyl (C=O) groups excluding carboxylic acids is 1. The number of nitrogens with zero attached hydrogens (tertiary/aromatic N) is 2. The molecular weight excluding hydrogens is 410 g/mol. The summed E-state index contributed by atoms with van der Waals surface area (Å²) < 4.78 is 31.9. The molecule has 6 heteroatoms. The number of amides is 1. The average Bonchev–Trinajstić information content (AvgIpc) is 2.82. The van der Waals surface area contributed by atoms with Gasteiger partial charge in [0, 0.05) is 43.0 Å². The van der Waals surface area contributed by atoms with Crippen LogP contribution in [-0.2, 0) is 6.54 Å². The van der Waals surface area contributed by atoms with Crippen molar-refractivity contribution in [3.63, 3.8) is 0 Å². The van der Waals surface area contributed by atoms with Gasteiger partial charge >= 0.3 is 0 Å². The summed E-state index contributed by atoms with van der Waals surface area (Å²) in [6.07, 6.45) is 1.59. The Bertz CT molecular complexity index is 1050. The molecule has 0 saturated carbocycles. The van der Waals surface area contributed by atoms with Gasteiger partial charge in [-0.25, -0.2) is 8.78 Å². The summed E-state index contributed by atoms with van der Waals surface area (Å²) in [7, 11) is 1.60. The van der Waals surface area contributed by atoms with Crippen LogP contribution in [0, 0.1) is 11.6 Å². The van der Waals surface area contributed by atoms with E-state index in [4.69, 9.17) is 4.74 Å². The molecule has 0 radical (unpaired) electrons. The zero-order valence-electron chi connectivity index (χ0n) is 18.0. The third-order valence-electron chi connectivity index (χ3n) is 5.88. The number of likely N-dealkylation sites (tertiary alicyclic amines) is 1. The second kappa shape index (κ2) is 9.92. The van der Waals surface area contributed by atoms with Gasteiger partial charge in [0.15, 0.2) is 0 Å². The van der Waals surface area contributed by atoms with Crippen LogP contribution in [-0.4, -0.2) is 37.0 Å². The lowest BCUT2D eigenvalue weighted by Crippen LogP contribution is -2.47. The standard InChI is InChI=1S/C26H26F2N2O2/c1-32-25-4-2-3-24(17-25)30(26(31)20-7-11-22(28)12-8-20)23-13-15-29(16-14-23)18-19-5-9-21(27)10-6-19/h2-12,17,23H,13-16,18H2,1H3. The van der Waals surface area contributed by atoms with Crippen molar-refractivity contribution < 1.29 is 18.3 Å². The van der Waals surface area contributed by atoms with Gasteiger partial charge in [0.1, 0.15) is 17.4 Å². The molecule has 3 aromatic carbocycles. The fourth-order valence-electron chi connectivity index (χ4n) is 4.17. The summed E-state index contributed by atoms with van der Waals surface area (Å²) in [5, 5.41) is 0. The second-order valence-corrected chi connectivity index (χ2v) is 8.02. The van der Waals surface area contributed by atoms with Crippen molar-refractivity contribution >= 4 is 11.6 Å². The molecule has 1 saturated heterocycles. The molecule has 0 spiro atoms. The van der Waals surface area contributed by atoms with Crippen LogP contribution in [0.3, 0.4) is 0 Å². The summed E-state index contributed by atoms with van der Waals surface area (Å²) in [5.74, 6) is -0.0901. The molecule has 32 heavy (non-hydrogen) atoms. The maximum absolute atomic E-state index is 13.5. The third kappa shape index (κ3) is 5.14. The van der Waals surface area contributed by atoms with Gasteiger partial charge in [-0.05, 0) is 66.9 Å². The molecule has 1 heterocycles. The Kier molecular flexibility index (Phi) is 6.81. The minimum Gasteiger partial charge on any atom is -0.497 e. The van der Waals surface area contributed by atoms with Gasteiger partial charge in [0.2, 0.25) is 0 Å². The Morgan fingerprint density at radius 1 is 0.969 bits per heavy atom. The van der Waals surface area contributed by atoms with Crippen LogP contribution < -0.4 is 9.64 Å². The molecular formula is C26H26F2N2O2. The molecule has 1 amide bonds. The van der Waals surface area contributed by atoms with Crippen LogP contribution in [0.15, 0.2) is 72.8 Å². The quantitative estimate of drug-likeness (QED) is 0.527. The Morgan fingerprint density at radius 2 is 1.59 bits per heavy atom.